The first-order valence-electron chi connectivity index (χ1n) is 35.1. The van der Waals surface area contributed by atoms with Crippen LogP contribution in [0.15, 0.2) is 24.3 Å². The third-order valence-electron chi connectivity index (χ3n) is 16.5. The predicted octanol–water partition coefficient (Wildman–Crippen LogP) is 22.5. The standard InChI is InChI=1S/C71H137NO5/c1-3-5-7-9-11-13-15-17-19-21-23-28-31-35-39-43-47-51-55-59-63-69(74)68(67-73)72-70(75)64-60-56-52-48-44-40-36-32-29-25-24-26-30-34-38-42-46-50-54-58-62-66-77-71(76)65-61-57-53-49-45-41-37-33-27-22-20-18-16-14-12-10-8-6-4-2/h18,20,25,29,68-69,73-74H,3-17,19,21-24,26-28,30-67H2,1-2H3,(H,72,75)/b20-18-,29-25-. The lowest BCUT2D eigenvalue weighted by Crippen LogP contribution is -2.45. The molecule has 0 aromatic carbocycles. The highest BCUT2D eigenvalue weighted by atomic mass is 16.5. The third-order valence-corrected chi connectivity index (χ3v) is 16.5. The summed E-state index contributed by atoms with van der Waals surface area (Å²) in [7, 11) is 0. The maximum absolute atomic E-state index is 12.5. The number of esters is 1. The first-order chi connectivity index (χ1) is 38.0. The van der Waals surface area contributed by atoms with E-state index in [1.54, 1.807) is 0 Å². The molecule has 6 heteroatoms. The summed E-state index contributed by atoms with van der Waals surface area (Å²) in [6.07, 6.45) is 83.6. The largest absolute Gasteiger partial charge is 0.466 e. The molecule has 0 rings (SSSR count). The van der Waals surface area contributed by atoms with Gasteiger partial charge in [0.1, 0.15) is 0 Å². The van der Waals surface area contributed by atoms with Crippen LogP contribution in [0, 0.1) is 0 Å². The third kappa shape index (κ3) is 63.4. The fraction of sp³-hybridized carbons (Fsp3) is 0.915. The molecular formula is C71H137NO5. The molecule has 6 nitrogen and oxygen atoms in total. The van der Waals surface area contributed by atoms with Crippen molar-refractivity contribution in [2.24, 2.45) is 0 Å². The highest BCUT2D eigenvalue weighted by molar-refractivity contribution is 5.76. The Labute approximate surface area is 481 Å². The average Bonchev–Trinajstić information content (AvgIpc) is 3.43. The van der Waals surface area contributed by atoms with Crippen molar-refractivity contribution in [1.29, 1.82) is 0 Å². The van der Waals surface area contributed by atoms with E-state index in [0.29, 0.717) is 25.9 Å². The average molecular weight is 1080 g/mol. The van der Waals surface area contributed by atoms with Gasteiger partial charge in [-0.2, -0.15) is 0 Å². The number of rotatable bonds is 66. The number of carbonyl (C=O) groups is 2. The van der Waals surface area contributed by atoms with Crippen LogP contribution in [0.2, 0.25) is 0 Å². The smallest absolute Gasteiger partial charge is 0.305 e. The molecule has 0 saturated carbocycles. The Kier molecular flexibility index (Phi) is 65.4. The summed E-state index contributed by atoms with van der Waals surface area (Å²) >= 11 is 0. The van der Waals surface area contributed by atoms with E-state index in [2.05, 4.69) is 43.5 Å². The van der Waals surface area contributed by atoms with E-state index in [0.717, 1.165) is 44.9 Å². The van der Waals surface area contributed by atoms with Crippen LogP contribution >= 0.6 is 0 Å². The number of hydrogen-bond donors (Lipinski definition) is 3. The van der Waals surface area contributed by atoms with E-state index in [4.69, 9.17) is 4.74 Å². The molecule has 0 saturated heterocycles. The number of nitrogens with one attached hydrogen (secondary N) is 1. The molecule has 0 spiro atoms. The molecule has 1 amide bonds. The molecule has 3 N–H and O–H groups in total. The van der Waals surface area contributed by atoms with Gasteiger partial charge in [-0.15, -0.1) is 0 Å². The van der Waals surface area contributed by atoms with E-state index < -0.39 is 12.1 Å². The summed E-state index contributed by atoms with van der Waals surface area (Å²) in [6, 6.07) is -0.548. The second kappa shape index (κ2) is 66.8. The molecular weight excluding hydrogens is 947 g/mol. The topological polar surface area (TPSA) is 95.9 Å². The zero-order valence-electron chi connectivity index (χ0n) is 52.2. The Balaban J connectivity index is 3.40. The fourth-order valence-electron chi connectivity index (χ4n) is 11.1. The quantitative estimate of drug-likeness (QED) is 0.0320. The summed E-state index contributed by atoms with van der Waals surface area (Å²) < 4.78 is 5.50. The summed E-state index contributed by atoms with van der Waals surface area (Å²) in [5.41, 5.74) is 0. The Morgan fingerprint density at radius 3 is 0.922 bits per heavy atom. The number of allylic oxidation sites excluding steroid dienone is 4. The van der Waals surface area contributed by atoms with E-state index >= 15 is 0 Å². The maximum atomic E-state index is 12.5. The van der Waals surface area contributed by atoms with Gasteiger partial charge in [-0.1, -0.05) is 327 Å². The van der Waals surface area contributed by atoms with Crippen molar-refractivity contribution < 1.29 is 24.5 Å². The SMILES string of the molecule is CCCCCCCC/C=C\CCCCCCCCCCCC(=O)OCCCCCCCCCCCC/C=C\CCCCCCCCCC(=O)NC(CO)C(O)CCCCCCCCCCCCCCCCCCCCCC. The van der Waals surface area contributed by atoms with Crippen LogP contribution in [0.5, 0.6) is 0 Å². The monoisotopic (exact) mass is 1080 g/mol. The molecule has 0 aromatic rings. The number of carbonyl (C=O) groups excluding carboxylic acids is 2. The number of amides is 1. The van der Waals surface area contributed by atoms with E-state index in [-0.39, 0.29) is 18.5 Å². The van der Waals surface area contributed by atoms with E-state index in [9.17, 15) is 19.8 Å². The van der Waals surface area contributed by atoms with Gasteiger partial charge in [0.15, 0.2) is 0 Å². The lowest BCUT2D eigenvalue weighted by Gasteiger charge is -2.22. The molecule has 0 fully saturated rings. The van der Waals surface area contributed by atoms with Gasteiger partial charge >= 0.3 is 5.97 Å². The minimum atomic E-state index is -0.670. The van der Waals surface area contributed by atoms with Gasteiger partial charge in [-0.25, -0.2) is 0 Å². The fourth-order valence-corrected chi connectivity index (χ4v) is 11.1. The van der Waals surface area contributed by atoms with Crippen molar-refractivity contribution in [2.75, 3.05) is 13.2 Å². The Morgan fingerprint density at radius 2 is 0.610 bits per heavy atom. The summed E-state index contributed by atoms with van der Waals surface area (Å²) in [4.78, 5) is 24.6. The van der Waals surface area contributed by atoms with Gasteiger partial charge in [0.25, 0.3) is 0 Å². The number of unbranched alkanes of at least 4 members (excludes halogenated alkanes) is 51. The first kappa shape index (κ1) is 75.3. The van der Waals surface area contributed by atoms with Crippen LogP contribution in [0.3, 0.4) is 0 Å². The van der Waals surface area contributed by atoms with E-state index in [1.165, 1.54) is 315 Å². The highest BCUT2D eigenvalue weighted by Gasteiger charge is 2.20. The summed E-state index contributed by atoms with van der Waals surface area (Å²) in [5, 5.41) is 23.4. The zero-order chi connectivity index (χ0) is 55.7. The second-order valence-corrected chi connectivity index (χ2v) is 24.2. The van der Waals surface area contributed by atoms with Gasteiger partial charge in [-0.05, 0) is 77.0 Å². The van der Waals surface area contributed by atoms with Gasteiger partial charge < -0.3 is 20.3 Å². The first-order valence-corrected chi connectivity index (χ1v) is 35.1. The minimum absolute atomic E-state index is 0.00880. The van der Waals surface area contributed by atoms with Crippen LogP contribution in [-0.4, -0.2) is 47.4 Å². The van der Waals surface area contributed by atoms with Crippen molar-refractivity contribution in [1.82, 2.24) is 5.32 Å². The minimum Gasteiger partial charge on any atom is -0.466 e. The highest BCUT2D eigenvalue weighted by Crippen LogP contribution is 2.19. The van der Waals surface area contributed by atoms with Crippen molar-refractivity contribution >= 4 is 11.9 Å². The van der Waals surface area contributed by atoms with Crippen molar-refractivity contribution in [3.05, 3.63) is 24.3 Å². The van der Waals surface area contributed by atoms with Crippen LogP contribution in [0.25, 0.3) is 0 Å². The second-order valence-electron chi connectivity index (χ2n) is 24.2. The van der Waals surface area contributed by atoms with Crippen molar-refractivity contribution in [3.63, 3.8) is 0 Å². The molecule has 0 heterocycles. The molecule has 0 aliphatic rings. The Morgan fingerprint density at radius 1 is 0.351 bits per heavy atom. The number of ether oxygens (including phenoxy) is 1. The van der Waals surface area contributed by atoms with E-state index in [1.807, 2.05) is 0 Å². The number of aliphatic hydroxyl groups is 2. The lowest BCUT2D eigenvalue weighted by atomic mass is 10.0. The molecule has 0 aliphatic heterocycles. The van der Waals surface area contributed by atoms with Crippen molar-refractivity contribution in [3.8, 4) is 0 Å². The Hall–Kier alpha value is -1.66. The zero-order valence-corrected chi connectivity index (χ0v) is 52.2. The normalized spacial score (nSPS) is 12.6. The van der Waals surface area contributed by atoms with Gasteiger partial charge in [0, 0.05) is 12.8 Å². The molecule has 0 radical (unpaired) electrons. The number of aliphatic hydroxyl groups excluding tert-OH is 2. The molecule has 77 heavy (non-hydrogen) atoms. The summed E-state index contributed by atoms with van der Waals surface area (Å²) in [6.45, 7) is 4.98. The molecule has 2 unspecified atom stereocenters. The van der Waals surface area contributed by atoms with Crippen LogP contribution in [0.1, 0.15) is 393 Å². The predicted molar refractivity (Wildman–Crippen MR) is 338 cm³/mol. The number of hydrogen-bond acceptors (Lipinski definition) is 5. The van der Waals surface area contributed by atoms with Crippen LogP contribution < -0.4 is 5.32 Å². The maximum Gasteiger partial charge on any atom is 0.305 e. The van der Waals surface area contributed by atoms with Crippen LogP contribution in [-0.2, 0) is 14.3 Å². The van der Waals surface area contributed by atoms with Gasteiger partial charge in [0.2, 0.25) is 5.91 Å². The van der Waals surface area contributed by atoms with Gasteiger partial charge in [-0.3, -0.25) is 9.59 Å². The molecule has 0 bridgehead atoms. The van der Waals surface area contributed by atoms with Gasteiger partial charge in [0.05, 0.1) is 25.4 Å². The molecule has 0 aromatic heterocycles. The van der Waals surface area contributed by atoms with Crippen molar-refractivity contribution in [2.45, 2.75) is 405 Å². The van der Waals surface area contributed by atoms with Crippen LogP contribution in [0.4, 0.5) is 0 Å². The lowest BCUT2D eigenvalue weighted by molar-refractivity contribution is -0.143. The summed E-state index contributed by atoms with van der Waals surface area (Å²) in [5.74, 6) is -0.0300. The molecule has 456 valence electrons. The molecule has 2 atom stereocenters. The molecule has 0 aliphatic carbocycles. The Bertz CT molecular complexity index is 1200.